The highest BCUT2D eigenvalue weighted by Gasteiger charge is 2.33. The van der Waals surface area contributed by atoms with E-state index in [1.54, 1.807) is 0 Å². The molecule has 0 saturated heterocycles. The Kier molecular flexibility index (Phi) is 5.93. The third-order valence-electron chi connectivity index (χ3n) is 8.99. The highest BCUT2D eigenvalue weighted by molar-refractivity contribution is 7.27. The Hall–Kier alpha value is -5.51. The standard InChI is InChI=1S/C42H29N2S/c1-2-3-4-12-26-43-36-20-10-9-17-34(36)40-39(43)25-23-33-32-19-13-18-30(41(32)45-42(33)40)28-22-24-38-35(27-28)31-16-8-11-21-37(31)44(38)29-14-6-5-7-15-29/h2-27H,1H3/q+1/b3-2-,12-4-,43-26?. The summed E-state index contributed by atoms with van der Waals surface area (Å²) in [5, 5.41) is 5.18. The average molecular weight is 594 g/mol. The first-order chi connectivity index (χ1) is 22.3. The van der Waals surface area contributed by atoms with Crippen molar-refractivity contribution >= 4 is 70.9 Å². The zero-order chi connectivity index (χ0) is 29.9. The van der Waals surface area contributed by atoms with Gasteiger partial charge in [0.1, 0.15) is 0 Å². The van der Waals surface area contributed by atoms with Crippen LogP contribution in [0.4, 0.5) is 11.4 Å². The summed E-state index contributed by atoms with van der Waals surface area (Å²) in [6, 6.07) is 46.6. The number of hydrogen-bond donors (Lipinski definition) is 0. The third-order valence-corrected chi connectivity index (χ3v) is 10.3. The molecule has 9 rings (SSSR count). The average Bonchev–Trinajstić information content (AvgIpc) is 3.74. The number of rotatable bonds is 4. The molecule has 1 aliphatic heterocycles. The maximum absolute atomic E-state index is 2.39. The molecular weight excluding hydrogens is 565 g/mol. The highest BCUT2D eigenvalue weighted by Crippen LogP contribution is 2.52. The number of nitrogens with zero attached hydrogens (tertiary/aromatic N) is 2. The van der Waals surface area contributed by atoms with Gasteiger partial charge >= 0.3 is 0 Å². The first-order valence-corrected chi connectivity index (χ1v) is 16.2. The van der Waals surface area contributed by atoms with E-state index in [0.29, 0.717) is 0 Å². The fourth-order valence-electron chi connectivity index (χ4n) is 7.03. The Labute approximate surface area is 265 Å². The summed E-state index contributed by atoms with van der Waals surface area (Å²) < 4.78 is 7.38. The van der Waals surface area contributed by atoms with Crippen molar-refractivity contribution in [3.63, 3.8) is 0 Å². The quantitative estimate of drug-likeness (QED) is 0.142. The molecule has 0 N–H and O–H groups in total. The van der Waals surface area contributed by atoms with Crippen LogP contribution in [-0.2, 0) is 0 Å². The van der Waals surface area contributed by atoms with Crippen molar-refractivity contribution in [1.29, 1.82) is 0 Å². The molecule has 0 fully saturated rings. The molecule has 8 aromatic rings. The van der Waals surface area contributed by atoms with Gasteiger partial charge in [0, 0.05) is 50.1 Å². The lowest BCUT2D eigenvalue weighted by Crippen LogP contribution is -2.00. The number of para-hydroxylation sites is 3. The van der Waals surface area contributed by atoms with E-state index in [4.69, 9.17) is 0 Å². The van der Waals surface area contributed by atoms with E-state index in [2.05, 4.69) is 161 Å². The van der Waals surface area contributed by atoms with Crippen molar-refractivity contribution in [3.05, 3.63) is 152 Å². The first kappa shape index (κ1) is 25.9. The molecule has 3 heterocycles. The fourth-order valence-corrected chi connectivity index (χ4v) is 8.42. The van der Waals surface area contributed by atoms with E-state index < -0.39 is 0 Å². The molecule has 0 bridgehead atoms. The second-order valence-corrected chi connectivity index (χ2v) is 12.5. The number of hydrogen-bond acceptors (Lipinski definition) is 1. The molecule has 0 radical (unpaired) electrons. The first-order valence-electron chi connectivity index (χ1n) is 15.4. The van der Waals surface area contributed by atoms with Gasteiger partial charge in [-0.3, -0.25) is 0 Å². The van der Waals surface area contributed by atoms with E-state index in [1.807, 2.05) is 24.3 Å². The molecule has 0 saturated carbocycles. The van der Waals surface area contributed by atoms with Crippen LogP contribution in [0.2, 0.25) is 0 Å². The van der Waals surface area contributed by atoms with Crippen LogP contribution in [0.1, 0.15) is 6.92 Å². The van der Waals surface area contributed by atoms with Gasteiger partial charge in [0.05, 0.1) is 26.9 Å². The molecule has 0 atom stereocenters. The zero-order valence-corrected chi connectivity index (χ0v) is 25.6. The SMILES string of the molecule is C/C=C\C=C/C=[N+]1c2ccccc2-c2c1ccc1c2sc2c(-c3ccc4c(c3)c3ccccc3n4-c3ccccc3)cccc21. The number of thiophene rings is 1. The van der Waals surface area contributed by atoms with Crippen molar-refractivity contribution in [3.8, 4) is 27.9 Å². The van der Waals surface area contributed by atoms with Crippen LogP contribution in [0.15, 0.2) is 152 Å². The molecular formula is C42H29N2S+. The smallest absolute Gasteiger partial charge is 0.220 e. The Morgan fingerprint density at radius 3 is 2.22 bits per heavy atom. The van der Waals surface area contributed by atoms with Crippen molar-refractivity contribution in [1.82, 2.24) is 9.14 Å². The maximum atomic E-state index is 2.39. The van der Waals surface area contributed by atoms with Crippen LogP contribution in [0.5, 0.6) is 0 Å². The molecule has 0 amide bonds. The number of allylic oxidation sites excluding steroid dienone is 4. The fraction of sp³-hybridized carbons (Fsp3) is 0.0238. The predicted molar refractivity (Wildman–Crippen MR) is 196 cm³/mol. The van der Waals surface area contributed by atoms with Gasteiger partial charge in [0.25, 0.3) is 0 Å². The maximum Gasteiger partial charge on any atom is 0.220 e. The summed E-state index contributed by atoms with van der Waals surface area (Å²) in [5.41, 5.74) is 11.2. The second kappa shape index (κ2) is 10.3. The molecule has 45 heavy (non-hydrogen) atoms. The second-order valence-electron chi connectivity index (χ2n) is 11.5. The van der Waals surface area contributed by atoms with Crippen molar-refractivity contribution in [2.75, 3.05) is 0 Å². The lowest BCUT2D eigenvalue weighted by Gasteiger charge is -2.08. The molecule has 2 nitrogen and oxygen atoms in total. The predicted octanol–water partition coefficient (Wildman–Crippen LogP) is 11.8. The molecule has 3 heteroatoms. The van der Waals surface area contributed by atoms with Crippen LogP contribution < -0.4 is 4.58 Å². The Morgan fingerprint density at radius 2 is 1.31 bits per heavy atom. The van der Waals surface area contributed by atoms with Crippen LogP contribution in [0, 0.1) is 0 Å². The number of benzene rings is 6. The van der Waals surface area contributed by atoms with Gasteiger partial charge in [0.15, 0.2) is 6.21 Å². The van der Waals surface area contributed by atoms with Gasteiger partial charge < -0.3 is 4.57 Å². The Bertz CT molecular complexity index is 2540. The normalized spacial score (nSPS) is 13.8. The van der Waals surface area contributed by atoms with E-state index in [9.17, 15) is 0 Å². The van der Waals surface area contributed by atoms with E-state index >= 15 is 0 Å². The minimum Gasteiger partial charge on any atom is -0.309 e. The van der Waals surface area contributed by atoms with Crippen LogP contribution in [-0.4, -0.2) is 10.8 Å². The summed E-state index contributed by atoms with van der Waals surface area (Å²) in [7, 11) is 0. The van der Waals surface area contributed by atoms with Crippen LogP contribution in [0.3, 0.4) is 0 Å². The van der Waals surface area contributed by atoms with Gasteiger partial charge in [-0.15, -0.1) is 11.3 Å². The minimum atomic E-state index is 1.18. The highest BCUT2D eigenvalue weighted by atomic mass is 32.1. The van der Waals surface area contributed by atoms with Gasteiger partial charge in [-0.25, -0.2) is 0 Å². The van der Waals surface area contributed by atoms with Crippen molar-refractivity contribution in [2.45, 2.75) is 6.92 Å². The molecule has 2 aromatic heterocycles. The topological polar surface area (TPSA) is 7.94 Å². The Balaban J connectivity index is 1.27. The summed E-state index contributed by atoms with van der Waals surface area (Å²) in [6.07, 6.45) is 10.5. The third kappa shape index (κ3) is 3.91. The molecule has 0 spiro atoms. The van der Waals surface area contributed by atoms with E-state index in [-0.39, 0.29) is 0 Å². The monoisotopic (exact) mass is 593 g/mol. The lowest BCUT2D eigenvalue weighted by molar-refractivity contribution is 1.14. The Morgan fingerprint density at radius 1 is 0.556 bits per heavy atom. The number of aromatic nitrogens is 1. The van der Waals surface area contributed by atoms with E-state index in [1.165, 1.54) is 81.3 Å². The molecule has 212 valence electrons. The summed E-state index contributed by atoms with van der Waals surface area (Å²) in [6.45, 7) is 2.04. The van der Waals surface area contributed by atoms with Crippen LogP contribution >= 0.6 is 11.3 Å². The van der Waals surface area contributed by atoms with Gasteiger partial charge in [-0.05, 0) is 60.5 Å². The summed E-state index contributed by atoms with van der Waals surface area (Å²) in [5.74, 6) is 0. The summed E-state index contributed by atoms with van der Waals surface area (Å²) in [4.78, 5) is 0. The van der Waals surface area contributed by atoms with Gasteiger partial charge in [-0.1, -0.05) is 91.0 Å². The molecule has 0 unspecified atom stereocenters. The largest absolute Gasteiger partial charge is 0.309 e. The van der Waals surface area contributed by atoms with Crippen LogP contribution in [0.25, 0.3) is 69.9 Å². The van der Waals surface area contributed by atoms with Crippen molar-refractivity contribution in [2.24, 2.45) is 0 Å². The van der Waals surface area contributed by atoms with E-state index in [0.717, 1.165) is 0 Å². The molecule has 1 aliphatic rings. The summed E-state index contributed by atoms with van der Waals surface area (Å²) >= 11 is 1.92. The number of fused-ring (bicyclic) bond motifs is 10. The van der Waals surface area contributed by atoms with Gasteiger partial charge in [0.2, 0.25) is 11.4 Å². The van der Waals surface area contributed by atoms with Crippen molar-refractivity contribution < 1.29 is 0 Å². The lowest BCUT2D eigenvalue weighted by atomic mass is 9.99. The van der Waals surface area contributed by atoms with Gasteiger partial charge in [-0.2, -0.15) is 4.58 Å². The molecule has 6 aromatic carbocycles. The molecule has 0 aliphatic carbocycles. The minimum absolute atomic E-state index is 1.18. The zero-order valence-electron chi connectivity index (χ0n) is 24.8.